The van der Waals surface area contributed by atoms with Gasteiger partial charge in [-0.05, 0) is 115 Å². The summed E-state index contributed by atoms with van der Waals surface area (Å²) >= 11 is 0. The minimum Gasteiger partial charge on any atom is -0.491 e. The maximum Gasteiger partial charge on any atom is 0.347 e. The lowest BCUT2D eigenvalue weighted by Gasteiger charge is -2.21. The molecule has 0 spiro atoms. The van der Waals surface area contributed by atoms with E-state index >= 15 is 0 Å². The highest BCUT2D eigenvalue weighted by molar-refractivity contribution is 6.00. The minimum absolute atomic E-state index is 0.334. The van der Waals surface area contributed by atoms with Gasteiger partial charge in [0.25, 0.3) is 0 Å². The Kier molecular flexibility index (Phi) is 11.6. The first-order valence-corrected chi connectivity index (χ1v) is 16.5. The average Bonchev–Trinajstić information content (AvgIpc) is 3.08. The molecule has 0 aliphatic rings. The third-order valence-electron chi connectivity index (χ3n) is 8.22. The van der Waals surface area contributed by atoms with Gasteiger partial charge >= 0.3 is 11.9 Å². The molecule has 5 aromatic rings. The van der Waals surface area contributed by atoms with Gasteiger partial charge in [0.2, 0.25) is 0 Å². The van der Waals surface area contributed by atoms with Crippen molar-refractivity contribution in [1.29, 1.82) is 0 Å². The fourth-order valence-electron chi connectivity index (χ4n) is 5.72. The Morgan fingerprint density at radius 1 is 0.617 bits per heavy atom. The van der Waals surface area contributed by atoms with Gasteiger partial charge in [-0.15, -0.1) is 0 Å². The number of likely N-dealkylation sites (N-methyl/N-ethyl adjacent to an activating group) is 1. The Morgan fingerprint density at radius 2 is 1.13 bits per heavy atom. The van der Waals surface area contributed by atoms with E-state index in [1.807, 2.05) is 54.6 Å². The van der Waals surface area contributed by atoms with Crippen LogP contribution in [0.4, 0.5) is 0 Å². The molecule has 7 nitrogen and oxygen atoms in total. The van der Waals surface area contributed by atoms with E-state index in [0.29, 0.717) is 41.5 Å². The van der Waals surface area contributed by atoms with Crippen molar-refractivity contribution in [3.63, 3.8) is 0 Å². The van der Waals surface area contributed by atoms with Crippen LogP contribution >= 0.6 is 0 Å². The van der Waals surface area contributed by atoms with Crippen molar-refractivity contribution in [2.24, 2.45) is 0 Å². The van der Waals surface area contributed by atoms with Crippen LogP contribution in [0.15, 0.2) is 97.1 Å². The molecular weight excluding hydrogens is 588 g/mol. The zero-order chi connectivity index (χ0) is 33.2. The third-order valence-corrected chi connectivity index (χ3v) is 8.22. The second-order valence-corrected chi connectivity index (χ2v) is 11.8. The highest BCUT2D eigenvalue weighted by Gasteiger charge is 2.19. The van der Waals surface area contributed by atoms with Crippen molar-refractivity contribution < 1.29 is 23.8 Å². The van der Waals surface area contributed by atoms with Crippen molar-refractivity contribution in [3.8, 4) is 17.2 Å². The molecule has 0 amide bonds. The second kappa shape index (κ2) is 16.2. The predicted octanol–water partition coefficient (Wildman–Crippen LogP) is 8.38. The molecule has 0 unspecified atom stereocenters. The lowest BCUT2D eigenvalue weighted by molar-refractivity contribution is 0.0715. The molecule has 0 aliphatic carbocycles. The summed E-state index contributed by atoms with van der Waals surface area (Å²) in [7, 11) is 2.05. The number of esters is 2. The van der Waals surface area contributed by atoms with Crippen LogP contribution in [0.5, 0.6) is 17.2 Å². The molecule has 0 aromatic heterocycles. The number of benzene rings is 5. The van der Waals surface area contributed by atoms with Crippen molar-refractivity contribution in [2.45, 2.75) is 40.2 Å². The highest BCUT2D eigenvalue weighted by Crippen LogP contribution is 2.29. The second-order valence-electron chi connectivity index (χ2n) is 11.8. The largest absolute Gasteiger partial charge is 0.491 e. The van der Waals surface area contributed by atoms with Gasteiger partial charge in [0, 0.05) is 13.1 Å². The molecule has 0 radical (unpaired) electrons. The number of hydrogen-bond donors (Lipinski definition) is 0. The van der Waals surface area contributed by atoms with Crippen LogP contribution in [-0.2, 0) is 6.54 Å². The summed E-state index contributed by atoms with van der Waals surface area (Å²) < 4.78 is 17.7. The van der Waals surface area contributed by atoms with Crippen molar-refractivity contribution >= 4 is 33.5 Å². The summed E-state index contributed by atoms with van der Waals surface area (Å²) in [6.45, 7) is 11.1. The fraction of sp³-hybridized carbons (Fsp3) is 0.300. The number of nitrogens with zero attached hydrogens (tertiary/aromatic N) is 2. The molecule has 7 heteroatoms. The van der Waals surface area contributed by atoms with Crippen LogP contribution in [0, 0.1) is 0 Å². The average molecular weight is 633 g/mol. The standard InChI is InChI=1S/C40H44N2O5/c1-5-20-41(4)22-23-45-38-27-32-15-11-10-14-31(32)26-37(38)40(44)47-35-18-16-34(17-19-35)46-39(43)36-25-30-13-9-8-12-29(30)24-33(36)28-42(7-3)21-6-2/h8-19,24-27H,5-7,20-23,28H2,1-4H3. The molecule has 5 aromatic carbocycles. The molecule has 47 heavy (non-hydrogen) atoms. The van der Waals surface area contributed by atoms with Crippen molar-refractivity contribution in [3.05, 3.63) is 114 Å². The number of carbonyl (C=O) groups excluding carboxylic acids is 2. The van der Waals surface area contributed by atoms with Gasteiger partial charge in [0.15, 0.2) is 0 Å². The first kappa shape index (κ1) is 33.6. The summed E-state index contributed by atoms with van der Waals surface area (Å²) in [6.07, 6.45) is 2.09. The van der Waals surface area contributed by atoms with Gasteiger partial charge in [-0.1, -0.05) is 69.3 Å². The van der Waals surface area contributed by atoms with Crippen LogP contribution in [0.25, 0.3) is 21.5 Å². The molecule has 0 aliphatic heterocycles. The summed E-state index contributed by atoms with van der Waals surface area (Å²) in [5, 5.41) is 3.96. The van der Waals surface area contributed by atoms with Crippen molar-refractivity contribution in [2.75, 3.05) is 39.8 Å². The summed E-state index contributed by atoms with van der Waals surface area (Å²) in [6, 6.07) is 30.1. The number of rotatable bonds is 15. The van der Waals surface area contributed by atoms with E-state index in [0.717, 1.165) is 66.1 Å². The molecule has 0 atom stereocenters. The molecule has 0 N–H and O–H groups in total. The Morgan fingerprint density at radius 3 is 1.68 bits per heavy atom. The van der Waals surface area contributed by atoms with Gasteiger partial charge in [0.1, 0.15) is 29.4 Å². The minimum atomic E-state index is -0.522. The van der Waals surface area contributed by atoms with Gasteiger partial charge in [0.05, 0.1) is 5.56 Å². The van der Waals surface area contributed by atoms with Crippen molar-refractivity contribution in [1.82, 2.24) is 9.80 Å². The van der Waals surface area contributed by atoms with E-state index in [1.165, 1.54) is 0 Å². The quantitative estimate of drug-likeness (QED) is 0.0848. The van der Waals surface area contributed by atoms with E-state index in [-0.39, 0.29) is 0 Å². The monoisotopic (exact) mass is 632 g/mol. The van der Waals surface area contributed by atoms with E-state index in [2.05, 4.69) is 49.8 Å². The van der Waals surface area contributed by atoms with Crippen LogP contribution in [0.2, 0.25) is 0 Å². The summed E-state index contributed by atoms with van der Waals surface area (Å²) in [4.78, 5) is 31.5. The summed E-state index contributed by atoms with van der Waals surface area (Å²) in [5.41, 5.74) is 1.82. The number of hydrogen-bond acceptors (Lipinski definition) is 7. The zero-order valence-corrected chi connectivity index (χ0v) is 27.8. The molecular formula is C40H44N2O5. The van der Waals surface area contributed by atoms with Gasteiger partial charge in [-0.3, -0.25) is 4.90 Å². The number of ether oxygens (including phenoxy) is 3. The lowest BCUT2D eigenvalue weighted by Crippen LogP contribution is -2.25. The third kappa shape index (κ3) is 8.76. The van der Waals surface area contributed by atoms with E-state index in [1.54, 1.807) is 30.3 Å². The molecule has 0 bridgehead atoms. The Balaban J connectivity index is 1.31. The normalized spacial score (nSPS) is 11.4. The fourth-order valence-corrected chi connectivity index (χ4v) is 5.72. The number of carbonyl (C=O) groups is 2. The van der Waals surface area contributed by atoms with Gasteiger partial charge in [-0.25, -0.2) is 9.59 Å². The molecule has 0 saturated carbocycles. The molecule has 0 saturated heterocycles. The lowest BCUT2D eigenvalue weighted by atomic mass is 10.00. The Bertz CT molecular complexity index is 1820. The topological polar surface area (TPSA) is 68.3 Å². The molecule has 5 rings (SSSR count). The molecule has 0 heterocycles. The SMILES string of the molecule is CCCN(C)CCOc1cc2ccccc2cc1C(=O)Oc1ccc(OC(=O)c2cc3ccccc3cc2CN(CC)CCC)cc1. The predicted molar refractivity (Wildman–Crippen MR) is 189 cm³/mol. The van der Waals surface area contributed by atoms with E-state index in [4.69, 9.17) is 14.2 Å². The smallest absolute Gasteiger partial charge is 0.347 e. The highest BCUT2D eigenvalue weighted by atomic mass is 16.5. The zero-order valence-electron chi connectivity index (χ0n) is 27.8. The van der Waals surface area contributed by atoms with Crippen LogP contribution in [0.3, 0.4) is 0 Å². The Hall–Kier alpha value is -4.72. The van der Waals surface area contributed by atoms with Crippen LogP contribution in [0.1, 0.15) is 59.9 Å². The maximum atomic E-state index is 13.5. The summed E-state index contributed by atoms with van der Waals surface area (Å²) in [5.74, 6) is 0.231. The molecule has 0 fully saturated rings. The first-order chi connectivity index (χ1) is 22.9. The molecule has 244 valence electrons. The van der Waals surface area contributed by atoms with Gasteiger partial charge in [-0.2, -0.15) is 0 Å². The van der Waals surface area contributed by atoms with Crippen LogP contribution in [-0.4, -0.2) is 61.6 Å². The maximum absolute atomic E-state index is 13.5. The van der Waals surface area contributed by atoms with Crippen LogP contribution < -0.4 is 14.2 Å². The van der Waals surface area contributed by atoms with Gasteiger partial charge < -0.3 is 19.1 Å². The van der Waals surface area contributed by atoms with E-state index in [9.17, 15) is 9.59 Å². The first-order valence-electron chi connectivity index (χ1n) is 16.5. The van der Waals surface area contributed by atoms with E-state index < -0.39 is 11.9 Å². The number of fused-ring (bicyclic) bond motifs is 2. The Labute approximate surface area is 277 Å².